The van der Waals surface area contributed by atoms with E-state index in [2.05, 4.69) is 42.3 Å². The number of carbonyl (C=O) groups is 1. The van der Waals surface area contributed by atoms with Crippen molar-refractivity contribution in [1.29, 1.82) is 0 Å². The minimum atomic E-state index is -5.59. The van der Waals surface area contributed by atoms with Gasteiger partial charge in [-0.05, 0) is 30.4 Å². The molecule has 254 valence electrons. The summed E-state index contributed by atoms with van der Waals surface area (Å²) < 4.78 is 49.8. The zero-order valence-electron chi connectivity index (χ0n) is 24.0. The summed E-state index contributed by atoms with van der Waals surface area (Å²) >= 11 is 5.45. The zero-order chi connectivity index (χ0) is 33.7. The minimum absolute atomic E-state index is 0.0707. The molecule has 1 saturated heterocycles. The van der Waals surface area contributed by atoms with Crippen molar-refractivity contribution in [2.75, 3.05) is 18.1 Å². The summed E-state index contributed by atoms with van der Waals surface area (Å²) in [5.74, 6) is -0.0311. The summed E-state index contributed by atoms with van der Waals surface area (Å²) in [6, 6.07) is 7.86. The molecule has 1 aromatic carbocycles. The highest BCUT2D eigenvalue weighted by atomic mass is 32.5. The fourth-order valence-corrected chi connectivity index (χ4v) is 8.94. The number of fused-ring (bicyclic) bond motifs is 1. The predicted octanol–water partition coefficient (Wildman–Crippen LogP) is 3.02. The van der Waals surface area contributed by atoms with Crippen molar-refractivity contribution in [3.8, 4) is 0 Å². The minimum Gasteiger partial charge on any atom is -0.451 e. The van der Waals surface area contributed by atoms with Crippen LogP contribution in [0.15, 0.2) is 41.8 Å². The van der Waals surface area contributed by atoms with Gasteiger partial charge in [-0.2, -0.15) is 4.31 Å². The number of imidazole rings is 1. The molecule has 3 heterocycles. The summed E-state index contributed by atoms with van der Waals surface area (Å²) in [6.45, 7) is -3.63. The van der Waals surface area contributed by atoms with Crippen LogP contribution >= 0.6 is 34.1 Å². The van der Waals surface area contributed by atoms with Gasteiger partial charge in [0.2, 0.25) is 0 Å². The second kappa shape index (κ2) is 15.6. The van der Waals surface area contributed by atoms with Gasteiger partial charge in [-0.15, -0.1) is 0 Å². The van der Waals surface area contributed by atoms with Crippen molar-refractivity contribution >= 4 is 68.9 Å². The molecule has 4 rings (SSSR count). The molecular formula is C23H32N5O13P3S2. The standard InChI is InChI=1S/C23H32N5O13P3S2/c1-2-3-4-8-11-46-23-26-19(24)16-20(27-23)28(13-25-16)21-18(39-22(30)14-9-6-5-7-10-14)17(29)15(38-21)12-37-42(31,32)40-43(33,34)41-44(35,36)45/h5-7,9-10,13,15,17-18,21,29H,2-4,8,11-12H2,1H3,(H,31,32)(H,33,34)(H2,24,26,27)(H2,35,36,45)/t15-,17-,18-,21-/m1/s1. The van der Waals surface area contributed by atoms with E-state index in [0.29, 0.717) is 5.16 Å². The van der Waals surface area contributed by atoms with Crippen molar-refractivity contribution < 1.29 is 61.2 Å². The molecule has 7 N–H and O–H groups in total. The Morgan fingerprint density at radius 2 is 1.80 bits per heavy atom. The maximum atomic E-state index is 13.0. The molecule has 2 unspecified atom stereocenters. The fraction of sp³-hybridized carbons (Fsp3) is 0.478. The fourth-order valence-electron chi connectivity index (χ4n) is 4.30. The van der Waals surface area contributed by atoms with Gasteiger partial charge < -0.3 is 39.9 Å². The molecule has 1 aliphatic heterocycles. The normalized spacial score (nSPS) is 22.8. The Hall–Kier alpha value is -1.86. The van der Waals surface area contributed by atoms with Gasteiger partial charge in [-0.25, -0.2) is 33.2 Å². The van der Waals surface area contributed by atoms with Crippen LogP contribution in [-0.2, 0) is 43.6 Å². The lowest BCUT2D eigenvalue weighted by atomic mass is 10.1. The third-order valence-electron chi connectivity index (χ3n) is 6.31. The lowest BCUT2D eigenvalue weighted by Crippen LogP contribution is -2.37. The Morgan fingerprint density at radius 1 is 1.09 bits per heavy atom. The van der Waals surface area contributed by atoms with E-state index in [4.69, 9.17) is 29.5 Å². The van der Waals surface area contributed by atoms with E-state index in [0.717, 1.165) is 31.4 Å². The number of thioether (sulfide) groups is 1. The first-order valence-corrected chi connectivity index (χ1v) is 20.2. The summed E-state index contributed by atoms with van der Waals surface area (Å²) in [5.41, 5.74) is 6.68. The van der Waals surface area contributed by atoms with Gasteiger partial charge in [0.15, 0.2) is 29.0 Å². The monoisotopic (exact) mass is 743 g/mol. The van der Waals surface area contributed by atoms with E-state index >= 15 is 0 Å². The number of aromatic nitrogens is 4. The number of phosphoric ester groups is 1. The first kappa shape index (κ1) is 37.0. The average molecular weight is 744 g/mol. The van der Waals surface area contributed by atoms with Gasteiger partial charge in [0.25, 0.3) is 0 Å². The molecule has 0 saturated carbocycles. The molecule has 0 bridgehead atoms. The molecule has 0 spiro atoms. The van der Waals surface area contributed by atoms with E-state index in [1.54, 1.807) is 18.2 Å². The number of aliphatic hydroxyl groups excluding tert-OH is 1. The third-order valence-corrected chi connectivity index (χ3v) is 11.7. The van der Waals surface area contributed by atoms with Crippen LogP contribution in [0.5, 0.6) is 0 Å². The molecule has 2 aromatic heterocycles. The van der Waals surface area contributed by atoms with Crippen LogP contribution in [0.4, 0.5) is 5.82 Å². The SMILES string of the molecule is CCCCCCSc1nc(N)c2ncn([C@@H]3O[C@H](COP(=O)(O)OP(=O)(O)OP(O)(O)=S)[C@@H](O)[C@H]3OC(=O)c3ccccc3)c2n1. The maximum absolute atomic E-state index is 13.0. The van der Waals surface area contributed by atoms with Gasteiger partial charge >= 0.3 is 28.3 Å². The van der Waals surface area contributed by atoms with Crippen LogP contribution in [0.3, 0.4) is 0 Å². The summed E-state index contributed by atoms with van der Waals surface area (Å²) in [7, 11) is -11.1. The van der Waals surface area contributed by atoms with Gasteiger partial charge in [0.05, 0.1) is 18.5 Å². The molecule has 0 aliphatic carbocycles. The van der Waals surface area contributed by atoms with Crippen LogP contribution in [0.25, 0.3) is 11.2 Å². The first-order chi connectivity index (χ1) is 21.6. The molecule has 1 aliphatic rings. The number of aliphatic hydroxyl groups is 1. The van der Waals surface area contributed by atoms with Crippen LogP contribution < -0.4 is 5.73 Å². The van der Waals surface area contributed by atoms with Crippen molar-refractivity contribution in [2.45, 2.75) is 62.3 Å². The highest BCUT2D eigenvalue weighted by Gasteiger charge is 2.49. The van der Waals surface area contributed by atoms with E-state index in [9.17, 15) is 28.8 Å². The molecule has 3 aromatic rings. The molecule has 6 atom stereocenters. The number of rotatable bonds is 16. The summed E-state index contributed by atoms with van der Waals surface area (Å²) in [6.07, 6.45) is -0.592. The molecule has 0 amide bonds. The highest BCUT2D eigenvalue weighted by Crippen LogP contribution is 2.66. The largest absolute Gasteiger partial charge is 0.488 e. The first-order valence-electron chi connectivity index (χ1n) is 13.6. The number of nitrogen functional groups attached to an aromatic ring is 1. The van der Waals surface area contributed by atoms with Crippen LogP contribution in [-0.4, -0.2) is 80.8 Å². The quantitative estimate of drug-likeness (QED) is 0.0404. The Morgan fingerprint density at radius 3 is 2.48 bits per heavy atom. The molecule has 18 nitrogen and oxygen atoms in total. The number of nitrogens with zero attached hydrogens (tertiary/aromatic N) is 4. The molecule has 1 fully saturated rings. The Kier molecular flexibility index (Phi) is 12.5. The highest BCUT2D eigenvalue weighted by molar-refractivity contribution is 8.08. The Balaban J connectivity index is 1.59. The third kappa shape index (κ3) is 10.1. The number of anilines is 1. The Labute approximate surface area is 271 Å². The van der Waals surface area contributed by atoms with Gasteiger partial charge in [0, 0.05) is 5.75 Å². The average Bonchev–Trinajstić information content (AvgIpc) is 3.51. The summed E-state index contributed by atoms with van der Waals surface area (Å²) in [5, 5.41) is 11.5. The molecule has 0 radical (unpaired) electrons. The number of carbonyl (C=O) groups excluding carboxylic acids is 1. The van der Waals surface area contributed by atoms with Crippen molar-refractivity contribution in [3.63, 3.8) is 0 Å². The topological polar surface area (TPSA) is 268 Å². The number of nitrogens with two attached hydrogens (primary N) is 1. The number of benzene rings is 1. The maximum Gasteiger partial charge on any atom is 0.488 e. The van der Waals surface area contributed by atoms with E-state index < -0.39 is 59.5 Å². The Bertz CT molecular complexity index is 1660. The number of hydrogen-bond donors (Lipinski definition) is 6. The van der Waals surface area contributed by atoms with Gasteiger partial charge in [-0.3, -0.25) is 9.09 Å². The van der Waals surface area contributed by atoms with Gasteiger partial charge in [0.1, 0.15) is 17.7 Å². The van der Waals surface area contributed by atoms with Crippen molar-refractivity contribution in [1.82, 2.24) is 19.5 Å². The summed E-state index contributed by atoms with van der Waals surface area (Å²) in [4.78, 5) is 63.8. The molecule has 23 heteroatoms. The molecular weight excluding hydrogens is 711 g/mol. The number of unbranched alkanes of at least 4 members (excludes halogenated alkanes) is 3. The number of ether oxygens (including phenoxy) is 2. The zero-order valence-corrected chi connectivity index (χ0v) is 28.4. The molecule has 46 heavy (non-hydrogen) atoms. The van der Waals surface area contributed by atoms with Crippen molar-refractivity contribution in [2.24, 2.45) is 0 Å². The second-order valence-corrected chi connectivity index (χ2v) is 16.7. The lowest BCUT2D eigenvalue weighted by molar-refractivity contribution is -0.0558. The van der Waals surface area contributed by atoms with Crippen LogP contribution in [0, 0.1) is 0 Å². The van der Waals surface area contributed by atoms with E-state index in [-0.39, 0.29) is 22.5 Å². The van der Waals surface area contributed by atoms with Crippen LogP contribution in [0.1, 0.15) is 49.2 Å². The number of esters is 1. The second-order valence-electron chi connectivity index (χ2n) is 9.80. The number of phosphoric acid groups is 2. The van der Waals surface area contributed by atoms with Crippen LogP contribution in [0.2, 0.25) is 0 Å². The number of hydrogen-bond acceptors (Lipinski definition) is 15. The van der Waals surface area contributed by atoms with Gasteiger partial charge in [-0.1, -0.05) is 56.1 Å². The lowest BCUT2D eigenvalue weighted by Gasteiger charge is -2.22. The van der Waals surface area contributed by atoms with E-state index in [1.807, 2.05) is 0 Å². The predicted molar refractivity (Wildman–Crippen MR) is 167 cm³/mol. The van der Waals surface area contributed by atoms with E-state index in [1.165, 1.54) is 34.8 Å². The van der Waals surface area contributed by atoms with Crippen molar-refractivity contribution in [3.05, 3.63) is 42.2 Å². The smallest absolute Gasteiger partial charge is 0.451 e.